The van der Waals surface area contributed by atoms with Crippen molar-refractivity contribution < 1.29 is 22.0 Å². The maximum absolute atomic E-state index is 13.0. The molecular formula is C13H14F2O3S. The van der Waals surface area contributed by atoms with Gasteiger partial charge in [0.15, 0.2) is 21.5 Å². The van der Waals surface area contributed by atoms with Crippen molar-refractivity contribution in [2.45, 2.75) is 19.3 Å². The Morgan fingerprint density at radius 2 is 2.00 bits per heavy atom. The number of hydrogen-bond acceptors (Lipinski definition) is 3. The van der Waals surface area contributed by atoms with E-state index in [2.05, 4.69) is 0 Å². The zero-order valence-electron chi connectivity index (χ0n) is 10.2. The Morgan fingerprint density at radius 1 is 1.26 bits per heavy atom. The Balaban J connectivity index is 1.93. The number of halogens is 2. The van der Waals surface area contributed by atoms with E-state index in [1.54, 1.807) is 0 Å². The summed E-state index contributed by atoms with van der Waals surface area (Å²) in [5.74, 6) is -2.02. The zero-order valence-corrected chi connectivity index (χ0v) is 11.1. The second-order valence-corrected chi connectivity index (χ2v) is 7.17. The molecule has 6 heteroatoms. The van der Waals surface area contributed by atoms with Gasteiger partial charge in [-0.2, -0.15) is 0 Å². The number of carbonyl (C=O) groups excluding carboxylic acids is 1. The molecule has 0 spiro atoms. The lowest BCUT2D eigenvalue weighted by Gasteiger charge is -2.06. The minimum atomic E-state index is -2.99. The lowest BCUT2D eigenvalue weighted by Crippen LogP contribution is -2.12. The molecule has 1 aromatic rings. The van der Waals surface area contributed by atoms with Gasteiger partial charge in [-0.05, 0) is 30.0 Å². The summed E-state index contributed by atoms with van der Waals surface area (Å²) in [7, 11) is -2.99. The monoisotopic (exact) mass is 288 g/mol. The molecule has 1 atom stereocenters. The van der Waals surface area contributed by atoms with Gasteiger partial charge in [-0.25, -0.2) is 17.2 Å². The second-order valence-electron chi connectivity index (χ2n) is 4.94. The highest BCUT2D eigenvalue weighted by atomic mass is 32.2. The molecule has 1 fully saturated rings. The van der Waals surface area contributed by atoms with E-state index in [0.29, 0.717) is 12.0 Å². The van der Waals surface area contributed by atoms with Gasteiger partial charge in [0.1, 0.15) is 5.78 Å². The molecule has 1 aliphatic heterocycles. The molecule has 1 aromatic carbocycles. The van der Waals surface area contributed by atoms with Crippen molar-refractivity contribution in [2.75, 3.05) is 11.5 Å². The maximum Gasteiger partial charge on any atom is 0.159 e. The molecule has 0 N–H and O–H groups in total. The molecule has 1 aliphatic rings. The van der Waals surface area contributed by atoms with Crippen LogP contribution in [0.3, 0.4) is 0 Å². The summed E-state index contributed by atoms with van der Waals surface area (Å²) in [6.07, 6.45) is 0.692. The van der Waals surface area contributed by atoms with Crippen LogP contribution in [0.5, 0.6) is 0 Å². The third-order valence-corrected chi connectivity index (χ3v) is 5.07. The van der Waals surface area contributed by atoms with E-state index in [0.717, 1.165) is 12.1 Å². The van der Waals surface area contributed by atoms with Gasteiger partial charge >= 0.3 is 0 Å². The molecule has 1 unspecified atom stereocenters. The van der Waals surface area contributed by atoms with Crippen LogP contribution in [0.15, 0.2) is 18.2 Å². The minimum absolute atomic E-state index is 0.00769. The second kappa shape index (κ2) is 5.36. The number of carbonyl (C=O) groups is 1. The topological polar surface area (TPSA) is 51.2 Å². The predicted octanol–water partition coefficient (Wildman–Crippen LogP) is 1.90. The van der Waals surface area contributed by atoms with Gasteiger partial charge in [-0.3, -0.25) is 4.79 Å². The largest absolute Gasteiger partial charge is 0.299 e. The van der Waals surface area contributed by atoms with Gasteiger partial charge < -0.3 is 0 Å². The van der Waals surface area contributed by atoms with E-state index in [1.807, 2.05) is 0 Å². The third-order valence-electron chi connectivity index (χ3n) is 3.23. The zero-order chi connectivity index (χ0) is 14.0. The average Bonchev–Trinajstić information content (AvgIpc) is 2.63. The van der Waals surface area contributed by atoms with E-state index < -0.39 is 21.5 Å². The fourth-order valence-electron chi connectivity index (χ4n) is 2.30. The molecular weight excluding hydrogens is 274 g/mol. The Morgan fingerprint density at radius 3 is 2.58 bits per heavy atom. The number of hydrogen-bond donors (Lipinski definition) is 0. The van der Waals surface area contributed by atoms with Crippen LogP contribution in [0, 0.1) is 17.6 Å². The van der Waals surface area contributed by atoms with Gasteiger partial charge in [0.05, 0.1) is 11.5 Å². The van der Waals surface area contributed by atoms with E-state index in [4.69, 9.17) is 0 Å². The molecule has 0 saturated carbocycles. The van der Waals surface area contributed by atoms with Crippen LogP contribution < -0.4 is 0 Å². The summed E-state index contributed by atoms with van der Waals surface area (Å²) in [4.78, 5) is 11.8. The quantitative estimate of drug-likeness (QED) is 0.850. The molecule has 3 nitrogen and oxygen atoms in total. The SMILES string of the molecule is O=C(Cc1ccc(F)c(F)c1)CC1CCS(=O)(=O)C1. The Kier molecular flexibility index (Phi) is 3.99. The summed E-state index contributed by atoms with van der Waals surface area (Å²) in [6, 6.07) is 3.35. The fraction of sp³-hybridized carbons (Fsp3) is 0.462. The summed E-state index contributed by atoms with van der Waals surface area (Å²) in [5.41, 5.74) is 0.407. The minimum Gasteiger partial charge on any atom is -0.299 e. The first-order valence-corrected chi connectivity index (χ1v) is 7.84. The van der Waals surface area contributed by atoms with Crippen molar-refractivity contribution in [1.29, 1.82) is 0 Å². The fourth-order valence-corrected chi connectivity index (χ4v) is 4.17. The first kappa shape index (κ1) is 14.1. The van der Waals surface area contributed by atoms with Gasteiger partial charge in [-0.1, -0.05) is 6.07 Å². The normalized spacial score (nSPS) is 21.5. The van der Waals surface area contributed by atoms with Crippen LogP contribution in [0.25, 0.3) is 0 Å². The summed E-state index contributed by atoms with van der Waals surface area (Å²) < 4.78 is 48.2. The van der Waals surface area contributed by atoms with E-state index in [9.17, 15) is 22.0 Å². The number of Topliss-reactive ketones (excluding diaryl/α,β-unsaturated/α-hetero) is 1. The highest BCUT2D eigenvalue weighted by Gasteiger charge is 2.29. The molecule has 0 bridgehead atoms. The van der Waals surface area contributed by atoms with Crippen LogP contribution in [-0.2, 0) is 21.1 Å². The standard InChI is InChI=1S/C13H14F2O3S/c14-12-2-1-9(7-13(12)15)5-11(16)6-10-3-4-19(17,18)8-10/h1-2,7,10H,3-6,8H2. The van der Waals surface area contributed by atoms with Crippen LogP contribution in [0.2, 0.25) is 0 Å². The van der Waals surface area contributed by atoms with Gasteiger partial charge in [-0.15, -0.1) is 0 Å². The van der Waals surface area contributed by atoms with E-state index in [-0.39, 0.29) is 36.0 Å². The van der Waals surface area contributed by atoms with Crippen LogP contribution in [0.4, 0.5) is 8.78 Å². The summed E-state index contributed by atoms with van der Waals surface area (Å²) in [5, 5.41) is 0. The molecule has 1 saturated heterocycles. The number of ketones is 1. The van der Waals surface area contributed by atoms with Crippen LogP contribution in [0.1, 0.15) is 18.4 Å². The van der Waals surface area contributed by atoms with Gasteiger partial charge in [0, 0.05) is 12.8 Å². The van der Waals surface area contributed by atoms with E-state index in [1.165, 1.54) is 6.07 Å². The first-order chi connectivity index (χ1) is 8.85. The molecule has 0 aliphatic carbocycles. The molecule has 0 radical (unpaired) electrons. The number of rotatable bonds is 4. The summed E-state index contributed by atoms with van der Waals surface area (Å²) >= 11 is 0. The lowest BCUT2D eigenvalue weighted by atomic mass is 9.98. The van der Waals surface area contributed by atoms with Crippen LogP contribution >= 0.6 is 0 Å². The Labute approximate surface area is 110 Å². The smallest absolute Gasteiger partial charge is 0.159 e. The van der Waals surface area contributed by atoms with Gasteiger partial charge in [0.2, 0.25) is 0 Å². The van der Waals surface area contributed by atoms with Crippen molar-refractivity contribution in [3.05, 3.63) is 35.4 Å². The van der Waals surface area contributed by atoms with Crippen molar-refractivity contribution in [3.8, 4) is 0 Å². The number of sulfone groups is 1. The molecule has 0 aromatic heterocycles. The lowest BCUT2D eigenvalue weighted by molar-refractivity contribution is -0.119. The van der Waals surface area contributed by atoms with Crippen LogP contribution in [-0.4, -0.2) is 25.7 Å². The highest BCUT2D eigenvalue weighted by Crippen LogP contribution is 2.22. The predicted molar refractivity (Wildman–Crippen MR) is 66.4 cm³/mol. The highest BCUT2D eigenvalue weighted by molar-refractivity contribution is 7.91. The molecule has 2 rings (SSSR count). The molecule has 1 heterocycles. The van der Waals surface area contributed by atoms with Gasteiger partial charge in [0.25, 0.3) is 0 Å². The van der Waals surface area contributed by atoms with Crippen molar-refractivity contribution in [1.82, 2.24) is 0 Å². The third kappa shape index (κ3) is 3.83. The molecule has 19 heavy (non-hydrogen) atoms. The first-order valence-electron chi connectivity index (χ1n) is 6.02. The maximum atomic E-state index is 13.0. The van der Waals surface area contributed by atoms with Crippen molar-refractivity contribution in [2.24, 2.45) is 5.92 Å². The Bertz CT molecular complexity index is 596. The molecule has 104 valence electrons. The van der Waals surface area contributed by atoms with Crippen molar-refractivity contribution >= 4 is 15.6 Å². The van der Waals surface area contributed by atoms with Crippen molar-refractivity contribution in [3.63, 3.8) is 0 Å². The average molecular weight is 288 g/mol. The molecule has 0 amide bonds. The van der Waals surface area contributed by atoms with E-state index >= 15 is 0 Å². The number of benzene rings is 1. The summed E-state index contributed by atoms with van der Waals surface area (Å²) in [6.45, 7) is 0. The Hall–Kier alpha value is -1.30.